The SMILES string of the molecule is COc1ccc(C(C)=O)c(OCC2CN(C(=O)c3ccc(S(C)(=O)=O)cc3Cl)CCO2)c1OC. The van der Waals surface area contributed by atoms with Gasteiger partial charge in [0.15, 0.2) is 27.1 Å². The largest absolute Gasteiger partial charge is 0.493 e. The first-order valence-corrected chi connectivity index (χ1v) is 12.6. The molecule has 2 aromatic carbocycles. The van der Waals surface area contributed by atoms with Crippen molar-refractivity contribution in [2.45, 2.75) is 17.9 Å². The van der Waals surface area contributed by atoms with Crippen molar-refractivity contribution in [1.29, 1.82) is 0 Å². The molecule has 1 amide bonds. The van der Waals surface area contributed by atoms with Crippen molar-refractivity contribution in [3.63, 3.8) is 0 Å². The number of amides is 1. The van der Waals surface area contributed by atoms with Crippen molar-refractivity contribution >= 4 is 33.1 Å². The van der Waals surface area contributed by atoms with Gasteiger partial charge in [0.1, 0.15) is 12.7 Å². The van der Waals surface area contributed by atoms with Crippen LogP contribution in [-0.2, 0) is 14.6 Å². The molecule has 3 rings (SSSR count). The van der Waals surface area contributed by atoms with E-state index in [1.807, 2.05) is 0 Å². The first-order valence-electron chi connectivity index (χ1n) is 10.4. The van der Waals surface area contributed by atoms with Crippen LogP contribution in [-0.4, -0.2) is 77.9 Å². The van der Waals surface area contributed by atoms with Crippen LogP contribution in [0.1, 0.15) is 27.6 Å². The minimum absolute atomic E-state index is 0.0378. The van der Waals surface area contributed by atoms with Crippen molar-refractivity contribution in [3.05, 3.63) is 46.5 Å². The molecule has 184 valence electrons. The second kappa shape index (κ2) is 10.6. The Kier molecular flexibility index (Phi) is 8.06. The van der Waals surface area contributed by atoms with Gasteiger partial charge in [-0.2, -0.15) is 0 Å². The summed E-state index contributed by atoms with van der Waals surface area (Å²) < 4.78 is 45.8. The van der Waals surface area contributed by atoms with Crippen LogP contribution in [0.4, 0.5) is 0 Å². The predicted molar refractivity (Wildman–Crippen MR) is 125 cm³/mol. The number of carbonyl (C=O) groups is 2. The molecule has 2 aromatic rings. The minimum Gasteiger partial charge on any atom is -0.493 e. The highest BCUT2D eigenvalue weighted by atomic mass is 35.5. The zero-order valence-electron chi connectivity index (χ0n) is 19.3. The fourth-order valence-electron chi connectivity index (χ4n) is 3.57. The Hall–Kier alpha value is -2.82. The van der Waals surface area contributed by atoms with E-state index in [-0.39, 0.29) is 58.4 Å². The summed E-state index contributed by atoms with van der Waals surface area (Å²) in [4.78, 5) is 26.7. The normalized spacial score (nSPS) is 16.1. The molecule has 1 fully saturated rings. The molecule has 0 bridgehead atoms. The molecule has 0 N–H and O–H groups in total. The number of carbonyl (C=O) groups excluding carboxylic acids is 2. The van der Waals surface area contributed by atoms with Crippen molar-refractivity contribution in [2.75, 3.05) is 46.8 Å². The molecular formula is C23H26ClNO8S. The lowest BCUT2D eigenvalue weighted by Gasteiger charge is -2.33. The van der Waals surface area contributed by atoms with E-state index in [9.17, 15) is 18.0 Å². The predicted octanol–water partition coefficient (Wildman–Crippen LogP) is 2.88. The maximum absolute atomic E-state index is 13.0. The Balaban J connectivity index is 1.75. The summed E-state index contributed by atoms with van der Waals surface area (Å²) >= 11 is 6.21. The Labute approximate surface area is 203 Å². The number of hydrogen-bond acceptors (Lipinski definition) is 8. The number of sulfone groups is 1. The first-order chi connectivity index (χ1) is 16.1. The average Bonchev–Trinajstić information content (AvgIpc) is 2.80. The van der Waals surface area contributed by atoms with Gasteiger partial charge in [0.25, 0.3) is 5.91 Å². The van der Waals surface area contributed by atoms with Crippen LogP contribution in [0, 0.1) is 0 Å². The van der Waals surface area contributed by atoms with Crippen molar-refractivity contribution in [3.8, 4) is 17.2 Å². The number of rotatable bonds is 8. The third-order valence-corrected chi connectivity index (χ3v) is 6.74. The Morgan fingerprint density at radius 1 is 1.12 bits per heavy atom. The molecular weight excluding hydrogens is 486 g/mol. The van der Waals surface area contributed by atoms with Crippen LogP contribution >= 0.6 is 11.6 Å². The zero-order chi connectivity index (χ0) is 25.0. The molecule has 9 nitrogen and oxygen atoms in total. The molecule has 11 heteroatoms. The molecule has 0 radical (unpaired) electrons. The van der Waals surface area contributed by atoms with Crippen molar-refractivity contribution in [1.82, 2.24) is 4.90 Å². The van der Waals surface area contributed by atoms with Gasteiger partial charge < -0.3 is 23.8 Å². The van der Waals surface area contributed by atoms with Gasteiger partial charge in [-0.3, -0.25) is 9.59 Å². The zero-order valence-corrected chi connectivity index (χ0v) is 20.9. The van der Waals surface area contributed by atoms with Crippen molar-refractivity contribution in [2.24, 2.45) is 0 Å². The monoisotopic (exact) mass is 511 g/mol. The Morgan fingerprint density at radius 3 is 2.41 bits per heavy atom. The highest BCUT2D eigenvalue weighted by Crippen LogP contribution is 2.40. The molecule has 1 atom stereocenters. The van der Waals surface area contributed by atoms with E-state index in [0.29, 0.717) is 17.9 Å². The molecule has 1 saturated heterocycles. The second-order valence-electron chi connectivity index (χ2n) is 7.70. The topological polar surface area (TPSA) is 108 Å². The molecule has 0 aromatic heterocycles. The minimum atomic E-state index is -3.44. The third kappa shape index (κ3) is 5.63. The highest BCUT2D eigenvalue weighted by Gasteiger charge is 2.28. The van der Waals surface area contributed by atoms with Gasteiger partial charge in [-0.05, 0) is 37.3 Å². The van der Waals surface area contributed by atoms with Crippen LogP contribution in [0.25, 0.3) is 0 Å². The first kappa shape index (κ1) is 25.8. The number of hydrogen-bond donors (Lipinski definition) is 0. The number of nitrogens with zero attached hydrogens (tertiary/aromatic N) is 1. The molecule has 1 aliphatic heterocycles. The van der Waals surface area contributed by atoms with Gasteiger partial charge in [0.05, 0.1) is 48.4 Å². The van der Waals surface area contributed by atoms with Gasteiger partial charge in [0.2, 0.25) is 5.75 Å². The molecule has 0 spiro atoms. The number of morpholine rings is 1. The number of benzene rings is 2. The Bertz CT molecular complexity index is 1200. The van der Waals surface area contributed by atoms with E-state index in [2.05, 4.69) is 0 Å². The summed E-state index contributed by atoms with van der Waals surface area (Å²) in [6, 6.07) is 7.25. The molecule has 1 unspecified atom stereocenters. The van der Waals surface area contributed by atoms with E-state index < -0.39 is 15.9 Å². The lowest BCUT2D eigenvalue weighted by Crippen LogP contribution is -2.47. The maximum Gasteiger partial charge on any atom is 0.255 e. The lowest BCUT2D eigenvalue weighted by molar-refractivity contribution is -0.0404. The summed E-state index contributed by atoms with van der Waals surface area (Å²) in [6.45, 7) is 2.29. The molecule has 34 heavy (non-hydrogen) atoms. The van der Waals surface area contributed by atoms with Gasteiger partial charge in [-0.1, -0.05) is 11.6 Å². The number of methoxy groups -OCH3 is 2. The van der Waals surface area contributed by atoms with E-state index in [0.717, 1.165) is 6.26 Å². The third-order valence-electron chi connectivity index (χ3n) is 5.32. The smallest absolute Gasteiger partial charge is 0.255 e. The van der Waals surface area contributed by atoms with Gasteiger partial charge in [-0.15, -0.1) is 0 Å². The summed E-state index contributed by atoms with van der Waals surface area (Å²) in [5.41, 5.74) is 0.531. The van der Waals surface area contributed by atoms with Gasteiger partial charge in [0, 0.05) is 12.8 Å². The maximum atomic E-state index is 13.0. The summed E-state index contributed by atoms with van der Waals surface area (Å²) in [7, 11) is -0.513. The summed E-state index contributed by atoms with van der Waals surface area (Å²) in [5.74, 6) is 0.389. The van der Waals surface area contributed by atoms with E-state index >= 15 is 0 Å². The van der Waals surface area contributed by atoms with Crippen LogP contribution < -0.4 is 14.2 Å². The number of Topliss-reactive ketones (excluding diaryl/α,β-unsaturated/α-hetero) is 1. The van der Waals surface area contributed by atoms with E-state index in [4.69, 9.17) is 30.5 Å². The highest BCUT2D eigenvalue weighted by molar-refractivity contribution is 7.90. The van der Waals surface area contributed by atoms with E-state index in [1.165, 1.54) is 39.3 Å². The van der Waals surface area contributed by atoms with Crippen LogP contribution in [0.2, 0.25) is 5.02 Å². The van der Waals surface area contributed by atoms with Crippen LogP contribution in [0.5, 0.6) is 17.2 Å². The van der Waals surface area contributed by atoms with Gasteiger partial charge >= 0.3 is 0 Å². The fourth-order valence-corrected chi connectivity index (χ4v) is 4.54. The molecule has 0 aliphatic carbocycles. The molecule has 1 aliphatic rings. The van der Waals surface area contributed by atoms with Crippen LogP contribution in [0.15, 0.2) is 35.2 Å². The number of ketones is 1. The average molecular weight is 512 g/mol. The number of ether oxygens (including phenoxy) is 4. The standard InChI is InChI=1S/C23H26ClNO8S/c1-14(26)17-7-8-20(30-2)22(31-3)21(17)33-13-15-12-25(9-10-32-15)23(27)18-6-5-16(11-19(18)24)34(4,28)29/h5-8,11,15H,9-10,12-13H2,1-4H3. The number of halogens is 1. The van der Waals surface area contributed by atoms with E-state index in [1.54, 1.807) is 17.0 Å². The van der Waals surface area contributed by atoms with Gasteiger partial charge in [-0.25, -0.2) is 8.42 Å². The summed E-state index contributed by atoms with van der Waals surface area (Å²) in [6.07, 6.45) is 0.587. The molecule has 0 saturated carbocycles. The second-order valence-corrected chi connectivity index (χ2v) is 10.1. The summed E-state index contributed by atoms with van der Waals surface area (Å²) in [5, 5.41) is 0.0550. The van der Waals surface area contributed by atoms with Crippen molar-refractivity contribution < 1.29 is 37.0 Å². The molecule has 1 heterocycles. The Morgan fingerprint density at radius 2 is 1.82 bits per heavy atom. The van der Waals surface area contributed by atoms with Crippen LogP contribution in [0.3, 0.4) is 0 Å². The fraction of sp³-hybridized carbons (Fsp3) is 0.391. The lowest BCUT2D eigenvalue weighted by atomic mass is 10.1. The quantitative estimate of drug-likeness (QED) is 0.498.